The van der Waals surface area contributed by atoms with E-state index >= 15 is 0 Å². The maximum Gasteiger partial charge on any atom is 0.245 e. The average molecular weight is 208 g/mol. The van der Waals surface area contributed by atoms with Gasteiger partial charge in [0.15, 0.2) is 0 Å². The number of carbonyl (C=O) groups excluding carboxylic acids is 2. The summed E-state index contributed by atoms with van der Waals surface area (Å²) in [6, 6.07) is -0.274. The first-order chi connectivity index (χ1) is 7.16. The van der Waals surface area contributed by atoms with Gasteiger partial charge in [-0.1, -0.05) is 11.6 Å². The van der Waals surface area contributed by atoms with Gasteiger partial charge in [0.2, 0.25) is 11.8 Å². The molecule has 0 aliphatic carbocycles. The molecular formula is C11H16N2O2. The van der Waals surface area contributed by atoms with Crippen molar-refractivity contribution >= 4 is 11.8 Å². The van der Waals surface area contributed by atoms with Crippen LogP contribution in [0.2, 0.25) is 0 Å². The third-order valence-corrected chi connectivity index (χ3v) is 3.04. The van der Waals surface area contributed by atoms with E-state index in [0.29, 0.717) is 19.4 Å². The van der Waals surface area contributed by atoms with Crippen molar-refractivity contribution in [3.8, 4) is 0 Å². The lowest BCUT2D eigenvalue weighted by molar-refractivity contribution is -0.134. The van der Waals surface area contributed by atoms with E-state index < -0.39 is 0 Å². The molecule has 2 heterocycles. The second-order valence-corrected chi connectivity index (χ2v) is 4.24. The van der Waals surface area contributed by atoms with Crippen molar-refractivity contribution in [1.82, 2.24) is 10.2 Å². The van der Waals surface area contributed by atoms with Gasteiger partial charge in [-0.05, 0) is 19.8 Å². The Morgan fingerprint density at radius 1 is 1.53 bits per heavy atom. The zero-order valence-electron chi connectivity index (χ0n) is 8.95. The molecule has 0 spiro atoms. The summed E-state index contributed by atoms with van der Waals surface area (Å²) in [5.41, 5.74) is 1.34. The molecule has 1 N–H and O–H groups in total. The summed E-state index contributed by atoms with van der Waals surface area (Å²) < 4.78 is 0. The Morgan fingerprint density at radius 2 is 2.33 bits per heavy atom. The van der Waals surface area contributed by atoms with Gasteiger partial charge < -0.3 is 10.2 Å². The van der Waals surface area contributed by atoms with Crippen LogP contribution in [0.4, 0.5) is 0 Å². The zero-order valence-corrected chi connectivity index (χ0v) is 8.95. The summed E-state index contributed by atoms with van der Waals surface area (Å²) in [7, 11) is 0. The van der Waals surface area contributed by atoms with E-state index in [0.717, 1.165) is 13.0 Å². The molecule has 4 heteroatoms. The van der Waals surface area contributed by atoms with E-state index in [1.165, 1.54) is 5.57 Å². The number of hydrogen-bond donors (Lipinski definition) is 1. The highest BCUT2D eigenvalue weighted by Crippen LogP contribution is 2.14. The summed E-state index contributed by atoms with van der Waals surface area (Å²) >= 11 is 0. The van der Waals surface area contributed by atoms with Crippen molar-refractivity contribution in [3.63, 3.8) is 0 Å². The molecule has 1 saturated heterocycles. The standard InChI is InChI=1S/C11H16N2O2/c1-8-4-6-13(7-5-8)11(15)9-2-3-10(14)12-9/h4,9H,2-3,5-7H2,1H3,(H,12,14). The second-order valence-electron chi connectivity index (χ2n) is 4.24. The maximum atomic E-state index is 11.9. The fraction of sp³-hybridized carbons (Fsp3) is 0.636. The van der Waals surface area contributed by atoms with Crippen molar-refractivity contribution in [2.24, 2.45) is 0 Å². The van der Waals surface area contributed by atoms with Gasteiger partial charge in [0, 0.05) is 19.5 Å². The minimum atomic E-state index is -0.274. The van der Waals surface area contributed by atoms with Crippen LogP contribution in [0.25, 0.3) is 0 Å². The largest absolute Gasteiger partial charge is 0.344 e. The van der Waals surface area contributed by atoms with Crippen LogP contribution in [0.5, 0.6) is 0 Å². The molecule has 0 aromatic carbocycles. The molecular weight excluding hydrogens is 192 g/mol. The lowest BCUT2D eigenvalue weighted by Gasteiger charge is -2.27. The van der Waals surface area contributed by atoms with Gasteiger partial charge in [-0.3, -0.25) is 9.59 Å². The molecule has 82 valence electrons. The van der Waals surface area contributed by atoms with Crippen LogP contribution in [0.1, 0.15) is 26.2 Å². The van der Waals surface area contributed by atoms with E-state index in [2.05, 4.69) is 18.3 Å². The van der Waals surface area contributed by atoms with E-state index in [4.69, 9.17) is 0 Å². The molecule has 2 aliphatic rings. The summed E-state index contributed by atoms with van der Waals surface area (Å²) in [5, 5.41) is 2.71. The first-order valence-corrected chi connectivity index (χ1v) is 5.40. The molecule has 0 bridgehead atoms. The summed E-state index contributed by atoms with van der Waals surface area (Å²) in [5.74, 6) is 0.0710. The number of rotatable bonds is 1. The van der Waals surface area contributed by atoms with Crippen molar-refractivity contribution in [3.05, 3.63) is 11.6 Å². The molecule has 0 radical (unpaired) electrons. The molecule has 2 aliphatic heterocycles. The summed E-state index contributed by atoms with van der Waals surface area (Å²) in [4.78, 5) is 24.8. The van der Waals surface area contributed by atoms with E-state index in [1.807, 2.05) is 4.90 Å². The minimum Gasteiger partial charge on any atom is -0.344 e. The fourth-order valence-electron chi connectivity index (χ4n) is 1.99. The SMILES string of the molecule is CC1=CCN(C(=O)C2CCC(=O)N2)CC1. The van der Waals surface area contributed by atoms with Gasteiger partial charge in [0.25, 0.3) is 0 Å². The van der Waals surface area contributed by atoms with Crippen molar-refractivity contribution in [2.75, 3.05) is 13.1 Å². The highest BCUT2D eigenvalue weighted by molar-refractivity contribution is 5.90. The minimum absolute atomic E-state index is 0.00270. The smallest absolute Gasteiger partial charge is 0.245 e. The predicted octanol–water partition coefficient (Wildman–Crippen LogP) is 0.444. The lowest BCUT2D eigenvalue weighted by atomic mass is 10.1. The van der Waals surface area contributed by atoms with E-state index in [9.17, 15) is 9.59 Å². The molecule has 4 nitrogen and oxygen atoms in total. The van der Waals surface area contributed by atoms with Crippen molar-refractivity contribution in [2.45, 2.75) is 32.2 Å². The van der Waals surface area contributed by atoms with Gasteiger partial charge in [0.1, 0.15) is 6.04 Å². The van der Waals surface area contributed by atoms with E-state index in [-0.39, 0.29) is 17.9 Å². The first-order valence-electron chi connectivity index (χ1n) is 5.40. The summed E-state index contributed by atoms with van der Waals surface area (Å²) in [6.07, 6.45) is 4.17. The highest BCUT2D eigenvalue weighted by Gasteiger charge is 2.30. The third kappa shape index (κ3) is 2.19. The molecule has 1 fully saturated rings. The molecule has 0 aromatic heterocycles. The van der Waals surface area contributed by atoms with Gasteiger partial charge in [0.05, 0.1) is 0 Å². The average Bonchev–Trinajstić information content (AvgIpc) is 2.65. The maximum absolute atomic E-state index is 11.9. The Labute approximate surface area is 89.3 Å². The second kappa shape index (κ2) is 4.04. The van der Waals surface area contributed by atoms with E-state index in [1.54, 1.807) is 0 Å². The monoisotopic (exact) mass is 208 g/mol. The van der Waals surface area contributed by atoms with Crippen LogP contribution >= 0.6 is 0 Å². The Bertz CT molecular complexity index is 323. The Morgan fingerprint density at radius 3 is 2.87 bits per heavy atom. The molecule has 2 rings (SSSR count). The van der Waals surface area contributed by atoms with Crippen molar-refractivity contribution in [1.29, 1.82) is 0 Å². The van der Waals surface area contributed by atoms with Crippen LogP contribution in [-0.2, 0) is 9.59 Å². The van der Waals surface area contributed by atoms with Gasteiger partial charge in [-0.15, -0.1) is 0 Å². The molecule has 1 atom stereocenters. The number of hydrogen-bond acceptors (Lipinski definition) is 2. The molecule has 1 unspecified atom stereocenters. The quantitative estimate of drug-likeness (QED) is 0.636. The number of carbonyl (C=O) groups is 2. The fourth-order valence-corrected chi connectivity index (χ4v) is 1.99. The number of amides is 2. The van der Waals surface area contributed by atoms with Gasteiger partial charge >= 0.3 is 0 Å². The molecule has 0 aromatic rings. The predicted molar refractivity (Wildman–Crippen MR) is 56.1 cm³/mol. The topological polar surface area (TPSA) is 49.4 Å². The molecule has 2 amide bonds. The zero-order chi connectivity index (χ0) is 10.8. The Balaban J connectivity index is 1.94. The Hall–Kier alpha value is -1.32. The van der Waals surface area contributed by atoms with Crippen molar-refractivity contribution < 1.29 is 9.59 Å². The van der Waals surface area contributed by atoms with Gasteiger partial charge in [-0.2, -0.15) is 0 Å². The highest BCUT2D eigenvalue weighted by atomic mass is 16.2. The summed E-state index contributed by atoms with van der Waals surface area (Å²) in [6.45, 7) is 3.56. The number of nitrogens with one attached hydrogen (secondary N) is 1. The van der Waals surface area contributed by atoms with Crippen LogP contribution in [0, 0.1) is 0 Å². The molecule has 15 heavy (non-hydrogen) atoms. The lowest BCUT2D eigenvalue weighted by Crippen LogP contribution is -2.45. The van der Waals surface area contributed by atoms with Crippen LogP contribution < -0.4 is 5.32 Å². The van der Waals surface area contributed by atoms with Crippen LogP contribution in [0.15, 0.2) is 11.6 Å². The van der Waals surface area contributed by atoms with Gasteiger partial charge in [-0.25, -0.2) is 0 Å². The van der Waals surface area contributed by atoms with Crippen LogP contribution in [0.3, 0.4) is 0 Å². The molecule has 0 saturated carbocycles. The Kier molecular flexibility index (Phi) is 2.75. The number of nitrogens with zero attached hydrogens (tertiary/aromatic N) is 1. The first kappa shape index (κ1) is 10.2. The third-order valence-electron chi connectivity index (χ3n) is 3.04. The normalized spacial score (nSPS) is 26.2. The van der Waals surface area contributed by atoms with Crippen LogP contribution in [-0.4, -0.2) is 35.8 Å².